The number of nitrogens with one attached hydrogen (secondary N) is 4. The van der Waals surface area contributed by atoms with Gasteiger partial charge in [0.2, 0.25) is 23.6 Å². The molecule has 1 aliphatic heterocycles. The Labute approximate surface area is 358 Å². The van der Waals surface area contributed by atoms with Gasteiger partial charge in [-0.2, -0.15) is 5.26 Å². The summed E-state index contributed by atoms with van der Waals surface area (Å²) in [5, 5.41) is 20.1. The van der Waals surface area contributed by atoms with Gasteiger partial charge in [0.1, 0.15) is 49.4 Å². The van der Waals surface area contributed by atoms with Crippen molar-refractivity contribution >= 4 is 29.5 Å². The second-order valence-corrected chi connectivity index (χ2v) is 15.2. The minimum atomic E-state index is -1.30. The standard InChI is InChI=1S/C45H61N9O7/c1-5-6-7-8-30-9-12-34(28(2)23-30)43(57)52-33(15-16-46)27-40(55)54(4)41-32-11-14-39(61-22-19-49)36(26-32)35-24-31(10-13-38(35)60-21-18-48)25-37(44(58)50-20-17-47)53-42(56)29(3)51-45(41)59/h9-14,23-24,26,29,33,37,41H,5-8,15-16,18-22,25,27,46,48-49H2,1-4H3,(H,50,58)(H,51,59)(H,52,57)(H,53,56)/t29-,33-,37-,41-/m0/s1. The molecule has 16 nitrogen and oxygen atoms in total. The average Bonchev–Trinajstić information content (AvgIpc) is 3.24. The predicted molar refractivity (Wildman–Crippen MR) is 232 cm³/mol. The average molecular weight is 840 g/mol. The number of carbonyl (C=O) groups is 5. The van der Waals surface area contributed by atoms with Crippen LogP contribution in [0.5, 0.6) is 11.5 Å². The largest absolute Gasteiger partial charge is 0.492 e. The lowest BCUT2D eigenvalue weighted by Gasteiger charge is -2.31. The van der Waals surface area contributed by atoms with Gasteiger partial charge < -0.3 is 52.8 Å². The van der Waals surface area contributed by atoms with Crippen LogP contribution in [-0.2, 0) is 32.0 Å². The Balaban J connectivity index is 1.77. The third kappa shape index (κ3) is 13.2. The number of ether oxygens (including phenoxy) is 2. The van der Waals surface area contributed by atoms with Crippen LogP contribution in [-0.4, -0.2) is 99.0 Å². The molecule has 4 bridgehead atoms. The number of rotatable bonds is 19. The molecule has 5 amide bonds. The van der Waals surface area contributed by atoms with Crippen LogP contribution >= 0.6 is 0 Å². The van der Waals surface area contributed by atoms with Crippen LogP contribution in [0.2, 0.25) is 0 Å². The topological polar surface area (TPSA) is 257 Å². The summed E-state index contributed by atoms with van der Waals surface area (Å²) in [6, 6.07) is 13.7. The molecule has 328 valence electrons. The van der Waals surface area contributed by atoms with E-state index < -0.39 is 47.8 Å². The SMILES string of the molecule is CCCCCc1ccc(C(=O)N[C@@H](CCN)CC(=O)N(C)[C@@H]2C(=O)N[C@@H](C)C(=O)N[C@H](C(=O)NCC#N)Cc3ccc(OCCN)c(c3)-c3cc2ccc3OCCN)c(C)c1. The highest BCUT2D eigenvalue weighted by Gasteiger charge is 2.34. The molecule has 61 heavy (non-hydrogen) atoms. The van der Waals surface area contributed by atoms with Crippen molar-refractivity contribution in [1.82, 2.24) is 26.2 Å². The number of likely N-dealkylation sites (N-methyl/N-ethyl adjacent to an activating group) is 1. The van der Waals surface area contributed by atoms with Gasteiger partial charge in [-0.3, -0.25) is 24.0 Å². The molecule has 4 atom stereocenters. The summed E-state index contributed by atoms with van der Waals surface area (Å²) in [4.78, 5) is 70.5. The first-order valence-electron chi connectivity index (χ1n) is 20.9. The zero-order valence-electron chi connectivity index (χ0n) is 35.7. The third-order valence-electron chi connectivity index (χ3n) is 10.5. The van der Waals surface area contributed by atoms with Crippen LogP contribution in [0.15, 0.2) is 54.6 Å². The lowest BCUT2D eigenvalue weighted by molar-refractivity contribution is -0.140. The van der Waals surface area contributed by atoms with Gasteiger partial charge in [0, 0.05) is 55.7 Å². The Hall–Kier alpha value is -6.02. The number of hydrogen-bond acceptors (Lipinski definition) is 11. The molecule has 0 aliphatic carbocycles. The number of benzene rings is 3. The molecule has 0 unspecified atom stereocenters. The Bertz CT molecular complexity index is 2050. The van der Waals surface area contributed by atoms with Crippen molar-refractivity contribution in [2.45, 2.75) is 89.9 Å². The maximum Gasteiger partial charge on any atom is 0.251 e. The summed E-state index contributed by atoms with van der Waals surface area (Å²) >= 11 is 0. The van der Waals surface area contributed by atoms with Crippen molar-refractivity contribution in [2.75, 3.05) is 46.4 Å². The van der Waals surface area contributed by atoms with E-state index in [0.717, 1.165) is 36.8 Å². The number of fused-ring (bicyclic) bond motifs is 5. The minimum absolute atomic E-state index is 0.0246. The normalized spacial score (nSPS) is 16.8. The Morgan fingerprint density at radius 2 is 1.61 bits per heavy atom. The minimum Gasteiger partial charge on any atom is -0.492 e. The van der Waals surface area contributed by atoms with E-state index in [1.807, 2.05) is 25.1 Å². The number of amides is 5. The van der Waals surface area contributed by atoms with E-state index in [2.05, 4.69) is 28.2 Å². The smallest absolute Gasteiger partial charge is 0.251 e. The van der Waals surface area contributed by atoms with E-state index in [1.165, 1.54) is 18.9 Å². The van der Waals surface area contributed by atoms with E-state index in [-0.39, 0.29) is 64.6 Å². The quantitative estimate of drug-likeness (QED) is 0.0681. The first-order valence-corrected chi connectivity index (χ1v) is 20.9. The fraction of sp³-hybridized carbons (Fsp3) is 0.467. The summed E-state index contributed by atoms with van der Waals surface area (Å²) in [7, 11) is 1.48. The Morgan fingerprint density at radius 1 is 0.918 bits per heavy atom. The molecule has 1 aliphatic rings. The van der Waals surface area contributed by atoms with Gasteiger partial charge in [0.15, 0.2) is 0 Å². The highest BCUT2D eigenvalue weighted by atomic mass is 16.5. The van der Waals surface area contributed by atoms with Crippen molar-refractivity contribution in [3.05, 3.63) is 82.4 Å². The van der Waals surface area contributed by atoms with Gasteiger partial charge in [-0.05, 0) is 92.2 Å². The van der Waals surface area contributed by atoms with Gasteiger partial charge in [-0.1, -0.05) is 44.0 Å². The number of aryl methyl sites for hydroxylation is 2. The van der Waals surface area contributed by atoms with E-state index in [9.17, 15) is 24.0 Å². The number of nitrogens with zero attached hydrogens (tertiary/aromatic N) is 2. The Kier molecular flexibility index (Phi) is 18.5. The molecule has 4 rings (SSSR count). The van der Waals surface area contributed by atoms with Crippen LogP contribution in [0.1, 0.15) is 84.6 Å². The first kappa shape index (κ1) is 47.7. The zero-order chi connectivity index (χ0) is 44.5. The summed E-state index contributed by atoms with van der Waals surface area (Å²) < 4.78 is 12.2. The summed E-state index contributed by atoms with van der Waals surface area (Å²) in [5.41, 5.74) is 22.1. The van der Waals surface area contributed by atoms with Crippen molar-refractivity contribution in [3.8, 4) is 28.7 Å². The highest BCUT2D eigenvalue weighted by molar-refractivity contribution is 5.97. The predicted octanol–water partition coefficient (Wildman–Crippen LogP) is 2.29. The summed E-state index contributed by atoms with van der Waals surface area (Å²) in [6.07, 6.45) is 4.36. The second kappa shape index (κ2) is 23.7. The highest BCUT2D eigenvalue weighted by Crippen LogP contribution is 2.40. The number of carbonyl (C=O) groups excluding carboxylic acids is 5. The molecule has 16 heteroatoms. The molecule has 1 heterocycles. The molecule has 0 fully saturated rings. The van der Waals surface area contributed by atoms with Crippen LogP contribution < -0.4 is 47.9 Å². The second-order valence-electron chi connectivity index (χ2n) is 15.2. The summed E-state index contributed by atoms with van der Waals surface area (Å²) in [6.45, 7) is 6.16. The molecular formula is C45H61N9O7. The number of nitrogens with two attached hydrogens (primary N) is 3. The maximum absolute atomic E-state index is 14.4. The number of unbranched alkanes of at least 4 members (excludes halogenated alkanes) is 2. The van der Waals surface area contributed by atoms with Crippen molar-refractivity contribution in [2.24, 2.45) is 17.2 Å². The van der Waals surface area contributed by atoms with Crippen LogP contribution in [0, 0.1) is 18.3 Å². The molecule has 0 saturated carbocycles. The van der Waals surface area contributed by atoms with Gasteiger partial charge >= 0.3 is 0 Å². The number of hydrogen-bond donors (Lipinski definition) is 7. The van der Waals surface area contributed by atoms with Crippen molar-refractivity contribution in [3.63, 3.8) is 0 Å². The number of nitriles is 1. The fourth-order valence-electron chi connectivity index (χ4n) is 7.24. The zero-order valence-corrected chi connectivity index (χ0v) is 35.7. The molecule has 0 aromatic heterocycles. The third-order valence-corrected chi connectivity index (χ3v) is 10.5. The lowest BCUT2D eigenvalue weighted by atomic mass is 9.93. The van der Waals surface area contributed by atoms with Crippen molar-refractivity contribution in [1.29, 1.82) is 5.26 Å². The van der Waals surface area contributed by atoms with E-state index in [1.54, 1.807) is 42.5 Å². The molecule has 10 N–H and O–H groups in total. The van der Waals surface area contributed by atoms with E-state index in [4.69, 9.17) is 31.9 Å². The van der Waals surface area contributed by atoms with Crippen LogP contribution in [0.25, 0.3) is 11.1 Å². The van der Waals surface area contributed by atoms with Crippen LogP contribution in [0.4, 0.5) is 0 Å². The first-order chi connectivity index (χ1) is 29.3. The lowest BCUT2D eigenvalue weighted by Crippen LogP contribution is -2.55. The van der Waals surface area contributed by atoms with Crippen LogP contribution in [0.3, 0.4) is 0 Å². The fourth-order valence-corrected chi connectivity index (χ4v) is 7.24. The monoisotopic (exact) mass is 839 g/mol. The van der Waals surface area contributed by atoms with Gasteiger partial charge in [0.25, 0.3) is 5.91 Å². The van der Waals surface area contributed by atoms with Gasteiger partial charge in [-0.25, -0.2) is 0 Å². The van der Waals surface area contributed by atoms with Crippen molar-refractivity contribution < 1.29 is 33.4 Å². The Morgan fingerprint density at radius 3 is 2.25 bits per heavy atom. The molecule has 0 saturated heterocycles. The molecule has 3 aromatic rings. The molecule has 3 aromatic carbocycles. The molecule has 0 radical (unpaired) electrons. The van der Waals surface area contributed by atoms with Gasteiger partial charge in [0.05, 0.1) is 6.07 Å². The molecular weight excluding hydrogens is 779 g/mol. The van der Waals surface area contributed by atoms with Gasteiger partial charge in [-0.15, -0.1) is 0 Å². The van der Waals surface area contributed by atoms with E-state index in [0.29, 0.717) is 39.3 Å². The maximum atomic E-state index is 14.4. The summed E-state index contributed by atoms with van der Waals surface area (Å²) in [5.74, 6) is -1.95. The van der Waals surface area contributed by atoms with E-state index >= 15 is 0 Å². The molecule has 0 spiro atoms.